The summed E-state index contributed by atoms with van der Waals surface area (Å²) in [7, 11) is 0. The Morgan fingerprint density at radius 1 is 1.25 bits per heavy atom. The molecule has 0 radical (unpaired) electrons. The van der Waals surface area contributed by atoms with Crippen LogP contribution in [0, 0.1) is 0 Å². The topological polar surface area (TPSA) is 51.6 Å². The average Bonchev–Trinajstić information content (AvgIpc) is 2.06. The lowest BCUT2D eigenvalue weighted by Crippen LogP contribution is -2.55. The number of hydrogen-bond acceptors (Lipinski definition) is 0. The van der Waals surface area contributed by atoms with Gasteiger partial charge in [-0.2, -0.15) is 0 Å². The Balaban J connectivity index is 3.06. The van der Waals surface area contributed by atoms with Crippen LogP contribution >= 0.6 is 0 Å². The van der Waals surface area contributed by atoms with Crippen molar-refractivity contribution in [2.75, 3.05) is 0 Å². The highest BCUT2D eigenvalue weighted by atomic mass is 14.7. The molecule has 1 aromatic rings. The molecule has 4 N–H and O–H groups in total. The highest BCUT2D eigenvalue weighted by Crippen LogP contribution is 2.20. The first kappa shape index (κ1) is 8.78. The van der Waals surface area contributed by atoms with E-state index < -0.39 is 0 Å². The third kappa shape index (κ3) is 1.47. The molecule has 0 fully saturated rings. The van der Waals surface area contributed by atoms with Crippen molar-refractivity contribution in [3.63, 3.8) is 0 Å². The van der Waals surface area contributed by atoms with Gasteiger partial charge in [0.2, 0.25) is 5.84 Å². The van der Waals surface area contributed by atoms with E-state index in [4.69, 9.17) is 11.1 Å². The summed E-state index contributed by atoms with van der Waals surface area (Å²) in [6, 6.07) is 10.0. The Kier molecular flexibility index (Phi) is 2.18. The van der Waals surface area contributed by atoms with Crippen LogP contribution in [-0.4, -0.2) is 5.84 Å². The van der Waals surface area contributed by atoms with Gasteiger partial charge in [0.15, 0.2) is 0 Å². The zero-order valence-electron chi connectivity index (χ0n) is 7.54. The molecule has 0 saturated heterocycles. The van der Waals surface area contributed by atoms with Crippen molar-refractivity contribution in [3.8, 4) is 0 Å². The van der Waals surface area contributed by atoms with Gasteiger partial charge < -0.3 is 0 Å². The van der Waals surface area contributed by atoms with Crippen molar-refractivity contribution in [2.24, 2.45) is 5.73 Å². The first-order valence-electron chi connectivity index (χ1n) is 3.99. The highest BCUT2D eigenvalue weighted by molar-refractivity contribution is 5.85. The molecule has 1 aromatic carbocycles. The zero-order valence-corrected chi connectivity index (χ0v) is 7.54. The van der Waals surface area contributed by atoms with Gasteiger partial charge in [0, 0.05) is 0 Å². The number of benzene rings is 1. The highest BCUT2D eigenvalue weighted by Gasteiger charge is 2.27. The Hall–Kier alpha value is -1.31. The van der Waals surface area contributed by atoms with E-state index in [2.05, 4.69) is 0 Å². The van der Waals surface area contributed by atoms with Crippen LogP contribution in [0.4, 0.5) is 0 Å². The van der Waals surface area contributed by atoms with E-state index in [9.17, 15) is 0 Å². The molecule has 0 bridgehead atoms. The summed E-state index contributed by atoms with van der Waals surface area (Å²) in [5.41, 5.74) is 6.51. The lowest BCUT2D eigenvalue weighted by atomic mass is 9.84. The van der Waals surface area contributed by atoms with Crippen LogP contribution in [-0.2, 0) is 5.41 Å². The van der Waals surface area contributed by atoms with Crippen molar-refractivity contribution in [1.82, 2.24) is 0 Å². The Bertz CT molecular complexity index is 275. The van der Waals surface area contributed by atoms with Crippen LogP contribution in [0.1, 0.15) is 19.4 Å². The SMILES string of the molecule is CC(C)(C(N)=[NH2+])c1ccccc1. The summed E-state index contributed by atoms with van der Waals surface area (Å²) in [5.74, 6) is 0.453. The maximum absolute atomic E-state index is 5.60. The maximum atomic E-state index is 5.60. The number of rotatable bonds is 2. The first-order chi connectivity index (χ1) is 5.55. The monoisotopic (exact) mass is 163 g/mol. The lowest BCUT2D eigenvalue weighted by molar-refractivity contribution is -0.122. The summed E-state index contributed by atoms with van der Waals surface area (Å²) >= 11 is 0. The maximum Gasteiger partial charge on any atom is 0.248 e. The molecule has 0 spiro atoms. The Labute approximate surface area is 72.9 Å². The molecule has 0 heterocycles. The van der Waals surface area contributed by atoms with E-state index in [1.54, 1.807) is 0 Å². The summed E-state index contributed by atoms with van der Waals surface area (Å²) in [5, 5.41) is 5.60. The molecule has 12 heavy (non-hydrogen) atoms. The summed E-state index contributed by atoms with van der Waals surface area (Å²) in [4.78, 5) is 0. The number of hydrogen-bond donors (Lipinski definition) is 2. The molecule has 0 saturated carbocycles. The van der Waals surface area contributed by atoms with Crippen LogP contribution in [0.2, 0.25) is 0 Å². The normalized spacial score (nSPS) is 11.2. The van der Waals surface area contributed by atoms with E-state index in [0.717, 1.165) is 5.56 Å². The van der Waals surface area contributed by atoms with E-state index in [-0.39, 0.29) is 5.41 Å². The van der Waals surface area contributed by atoms with Crippen LogP contribution in [0.3, 0.4) is 0 Å². The summed E-state index contributed by atoms with van der Waals surface area (Å²) < 4.78 is 0. The molecule has 0 aromatic heterocycles. The average molecular weight is 163 g/mol. The van der Waals surface area contributed by atoms with Gasteiger partial charge in [-0.05, 0) is 19.4 Å². The van der Waals surface area contributed by atoms with Gasteiger partial charge in [0.25, 0.3) is 0 Å². The quantitative estimate of drug-likeness (QED) is 0.471. The first-order valence-corrected chi connectivity index (χ1v) is 3.99. The van der Waals surface area contributed by atoms with Gasteiger partial charge in [0.05, 0.1) is 5.41 Å². The van der Waals surface area contributed by atoms with Crippen LogP contribution in [0.15, 0.2) is 30.3 Å². The van der Waals surface area contributed by atoms with E-state index >= 15 is 0 Å². The van der Waals surface area contributed by atoms with E-state index in [0.29, 0.717) is 5.84 Å². The van der Waals surface area contributed by atoms with Crippen LogP contribution in [0.5, 0.6) is 0 Å². The minimum absolute atomic E-state index is 0.235. The smallest absolute Gasteiger partial charge is 0.248 e. The van der Waals surface area contributed by atoms with Gasteiger partial charge in [-0.25, -0.2) is 0 Å². The molecule has 0 aliphatic heterocycles. The molecule has 0 atom stereocenters. The second-order valence-corrected chi connectivity index (χ2v) is 3.45. The molecular weight excluding hydrogens is 148 g/mol. The Morgan fingerprint density at radius 3 is 2.17 bits per heavy atom. The molecular formula is C10H15N2+. The largest absolute Gasteiger partial charge is 0.291 e. The second kappa shape index (κ2) is 2.97. The zero-order chi connectivity index (χ0) is 9.19. The minimum atomic E-state index is -0.235. The van der Waals surface area contributed by atoms with Gasteiger partial charge >= 0.3 is 0 Å². The molecule has 2 nitrogen and oxygen atoms in total. The van der Waals surface area contributed by atoms with Crippen LogP contribution < -0.4 is 11.1 Å². The fourth-order valence-corrected chi connectivity index (χ4v) is 1.02. The fourth-order valence-electron chi connectivity index (χ4n) is 1.02. The third-order valence-electron chi connectivity index (χ3n) is 2.22. The van der Waals surface area contributed by atoms with Crippen molar-refractivity contribution < 1.29 is 5.41 Å². The standard InChI is InChI=1S/C10H14N2/c1-10(2,9(11)12)8-6-4-3-5-7-8/h3-7H,1-2H3,(H3,11,12)/p+1. The third-order valence-corrected chi connectivity index (χ3v) is 2.22. The van der Waals surface area contributed by atoms with Gasteiger partial charge in [-0.3, -0.25) is 11.1 Å². The van der Waals surface area contributed by atoms with Crippen molar-refractivity contribution >= 4 is 5.84 Å². The van der Waals surface area contributed by atoms with Crippen molar-refractivity contribution in [3.05, 3.63) is 35.9 Å². The molecule has 2 heteroatoms. The van der Waals surface area contributed by atoms with Gasteiger partial charge in [-0.15, -0.1) is 0 Å². The molecule has 1 rings (SSSR count). The molecule has 0 unspecified atom stereocenters. The predicted octanol–water partition coefficient (Wildman–Crippen LogP) is 0.0805. The van der Waals surface area contributed by atoms with Gasteiger partial charge in [0.1, 0.15) is 0 Å². The molecule has 0 amide bonds. The van der Waals surface area contributed by atoms with Crippen LogP contribution in [0.25, 0.3) is 0 Å². The lowest BCUT2D eigenvalue weighted by Gasteiger charge is -2.18. The van der Waals surface area contributed by atoms with Crippen molar-refractivity contribution in [1.29, 1.82) is 0 Å². The summed E-state index contributed by atoms with van der Waals surface area (Å²) in [6.45, 7) is 4.02. The fraction of sp³-hybridized carbons (Fsp3) is 0.300. The molecule has 64 valence electrons. The number of amidine groups is 1. The molecule has 0 aliphatic carbocycles. The minimum Gasteiger partial charge on any atom is -0.291 e. The summed E-state index contributed by atoms with van der Waals surface area (Å²) in [6.07, 6.45) is 0. The van der Waals surface area contributed by atoms with Gasteiger partial charge in [-0.1, -0.05) is 30.3 Å². The second-order valence-electron chi connectivity index (χ2n) is 3.45. The molecule has 0 aliphatic rings. The predicted molar refractivity (Wildman–Crippen MR) is 50.6 cm³/mol. The van der Waals surface area contributed by atoms with E-state index in [1.165, 1.54) is 0 Å². The van der Waals surface area contributed by atoms with E-state index in [1.807, 2.05) is 44.2 Å². The number of nitrogens with two attached hydrogens (primary N) is 2. The van der Waals surface area contributed by atoms with Crippen molar-refractivity contribution in [2.45, 2.75) is 19.3 Å². The Morgan fingerprint density at radius 2 is 1.75 bits per heavy atom.